The molecule has 5 heteroatoms. The van der Waals surface area contributed by atoms with Crippen molar-refractivity contribution in [3.63, 3.8) is 0 Å². The van der Waals surface area contributed by atoms with Gasteiger partial charge in [0.05, 0.1) is 6.04 Å². The fourth-order valence-corrected chi connectivity index (χ4v) is 2.36. The van der Waals surface area contributed by atoms with E-state index in [0.29, 0.717) is 19.6 Å². The molecule has 0 aromatic rings. The first-order valence-electron chi connectivity index (χ1n) is 7.49. The molecule has 0 aromatic heterocycles. The van der Waals surface area contributed by atoms with Gasteiger partial charge in [-0.15, -0.1) is 0 Å². The van der Waals surface area contributed by atoms with E-state index >= 15 is 0 Å². The summed E-state index contributed by atoms with van der Waals surface area (Å²) in [5.41, 5.74) is -0.498. The molecule has 1 aliphatic rings. The second-order valence-electron chi connectivity index (χ2n) is 6.24. The zero-order valence-electron chi connectivity index (χ0n) is 13.7. The lowest BCUT2D eigenvalue weighted by Crippen LogP contribution is -2.43. The molecule has 1 rings (SSSR count). The van der Waals surface area contributed by atoms with Crippen LogP contribution in [0.4, 0.5) is 4.79 Å². The zero-order valence-corrected chi connectivity index (χ0v) is 13.7. The van der Waals surface area contributed by atoms with E-state index in [1.165, 1.54) is 0 Å². The van der Waals surface area contributed by atoms with Crippen molar-refractivity contribution >= 4 is 12.0 Å². The maximum atomic E-state index is 12.1. The van der Waals surface area contributed by atoms with Crippen molar-refractivity contribution < 1.29 is 14.3 Å². The SMILES string of the molecule is CC#CC(=O)N(CCC)C1CCN(C(=O)OC(C)(C)C)C1. The number of hydrogen-bond donors (Lipinski definition) is 0. The molecule has 0 spiro atoms. The Balaban J connectivity index is 2.67. The number of amides is 2. The summed E-state index contributed by atoms with van der Waals surface area (Å²) in [6, 6.07) is 0.0332. The van der Waals surface area contributed by atoms with Crippen LogP contribution < -0.4 is 0 Å². The summed E-state index contributed by atoms with van der Waals surface area (Å²) < 4.78 is 5.37. The van der Waals surface area contributed by atoms with Gasteiger partial charge in [0.25, 0.3) is 5.91 Å². The van der Waals surface area contributed by atoms with Gasteiger partial charge >= 0.3 is 6.09 Å². The Kier molecular flexibility index (Phi) is 6.07. The lowest BCUT2D eigenvalue weighted by molar-refractivity contribution is -0.127. The monoisotopic (exact) mass is 294 g/mol. The van der Waals surface area contributed by atoms with Gasteiger partial charge in [-0.2, -0.15) is 0 Å². The summed E-state index contributed by atoms with van der Waals surface area (Å²) in [6.07, 6.45) is 1.34. The van der Waals surface area contributed by atoms with Crippen molar-refractivity contribution in [1.29, 1.82) is 0 Å². The van der Waals surface area contributed by atoms with Crippen LogP contribution in [0.25, 0.3) is 0 Å². The second-order valence-corrected chi connectivity index (χ2v) is 6.24. The molecule has 1 fully saturated rings. The number of hydrogen-bond acceptors (Lipinski definition) is 3. The zero-order chi connectivity index (χ0) is 16.0. The molecule has 0 bridgehead atoms. The maximum Gasteiger partial charge on any atom is 0.410 e. The lowest BCUT2D eigenvalue weighted by Gasteiger charge is -2.28. The molecule has 2 amide bonds. The highest BCUT2D eigenvalue weighted by atomic mass is 16.6. The van der Waals surface area contributed by atoms with Crippen LogP contribution in [0.1, 0.15) is 47.5 Å². The van der Waals surface area contributed by atoms with Crippen molar-refractivity contribution in [2.75, 3.05) is 19.6 Å². The van der Waals surface area contributed by atoms with Gasteiger partial charge in [-0.25, -0.2) is 4.79 Å². The third-order valence-corrected chi connectivity index (χ3v) is 3.21. The van der Waals surface area contributed by atoms with Crippen molar-refractivity contribution in [1.82, 2.24) is 9.80 Å². The van der Waals surface area contributed by atoms with E-state index in [0.717, 1.165) is 12.8 Å². The summed E-state index contributed by atoms with van der Waals surface area (Å²) in [4.78, 5) is 27.5. The van der Waals surface area contributed by atoms with Gasteiger partial charge in [-0.1, -0.05) is 12.8 Å². The number of ether oxygens (including phenoxy) is 1. The first-order valence-corrected chi connectivity index (χ1v) is 7.49. The van der Waals surface area contributed by atoms with Crippen LogP contribution in [0.3, 0.4) is 0 Å². The fourth-order valence-electron chi connectivity index (χ4n) is 2.36. The van der Waals surface area contributed by atoms with Crippen LogP contribution in [0, 0.1) is 11.8 Å². The average Bonchev–Trinajstić information content (AvgIpc) is 2.83. The number of rotatable bonds is 3. The van der Waals surface area contributed by atoms with Gasteiger partial charge in [0.2, 0.25) is 0 Å². The molecule has 1 saturated heterocycles. The van der Waals surface area contributed by atoms with Gasteiger partial charge < -0.3 is 14.5 Å². The van der Waals surface area contributed by atoms with E-state index < -0.39 is 5.60 Å². The van der Waals surface area contributed by atoms with Gasteiger partial charge in [0, 0.05) is 19.6 Å². The topological polar surface area (TPSA) is 49.9 Å². The molecule has 1 unspecified atom stereocenters. The van der Waals surface area contributed by atoms with Gasteiger partial charge in [-0.05, 0) is 46.5 Å². The second kappa shape index (κ2) is 7.35. The molecule has 0 aromatic carbocycles. The Morgan fingerprint density at radius 1 is 1.38 bits per heavy atom. The quantitative estimate of drug-likeness (QED) is 0.750. The van der Waals surface area contributed by atoms with E-state index in [1.54, 1.807) is 16.7 Å². The minimum absolute atomic E-state index is 0.0332. The Morgan fingerprint density at radius 3 is 2.57 bits per heavy atom. The van der Waals surface area contributed by atoms with Crippen molar-refractivity contribution in [2.24, 2.45) is 0 Å². The van der Waals surface area contributed by atoms with Gasteiger partial charge in [-0.3, -0.25) is 4.79 Å². The molecule has 0 saturated carbocycles. The third kappa shape index (κ3) is 5.30. The summed E-state index contributed by atoms with van der Waals surface area (Å²) in [5.74, 6) is 5.08. The van der Waals surface area contributed by atoms with E-state index in [-0.39, 0.29) is 18.0 Å². The molecular formula is C16H26N2O3. The van der Waals surface area contributed by atoms with E-state index in [2.05, 4.69) is 11.8 Å². The molecule has 0 radical (unpaired) electrons. The standard InChI is InChI=1S/C16H26N2O3/c1-6-8-14(19)18(10-7-2)13-9-11-17(12-13)15(20)21-16(3,4)5/h13H,7,9-12H2,1-5H3. The molecule has 5 nitrogen and oxygen atoms in total. The minimum atomic E-state index is -0.498. The summed E-state index contributed by atoms with van der Waals surface area (Å²) >= 11 is 0. The Labute approximate surface area is 127 Å². The van der Waals surface area contributed by atoms with Crippen LogP contribution >= 0.6 is 0 Å². The molecule has 21 heavy (non-hydrogen) atoms. The minimum Gasteiger partial charge on any atom is -0.444 e. The fraction of sp³-hybridized carbons (Fsp3) is 0.750. The smallest absolute Gasteiger partial charge is 0.410 e. The number of likely N-dealkylation sites (tertiary alicyclic amines) is 1. The highest BCUT2D eigenvalue weighted by Gasteiger charge is 2.34. The van der Waals surface area contributed by atoms with Crippen molar-refractivity contribution in [3.05, 3.63) is 0 Å². The number of carbonyl (C=O) groups excluding carboxylic acids is 2. The lowest BCUT2D eigenvalue weighted by atomic mass is 10.2. The highest BCUT2D eigenvalue weighted by molar-refractivity contribution is 5.93. The Hall–Kier alpha value is -1.70. The molecule has 1 aliphatic heterocycles. The van der Waals surface area contributed by atoms with E-state index in [9.17, 15) is 9.59 Å². The average molecular weight is 294 g/mol. The summed E-state index contributed by atoms with van der Waals surface area (Å²) in [7, 11) is 0. The number of nitrogens with zero attached hydrogens (tertiary/aromatic N) is 2. The van der Waals surface area contributed by atoms with Crippen LogP contribution in [-0.4, -0.2) is 53.1 Å². The van der Waals surface area contributed by atoms with Gasteiger partial charge in [0.15, 0.2) is 0 Å². The van der Waals surface area contributed by atoms with E-state index in [1.807, 2.05) is 27.7 Å². The normalized spacial score (nSPS) is 18.0. The molecule has 0 N–H and O–H groups in total. The van der Waals surface area contributed by atoms with Crippen molar-refractivity contribution in [3.8, 4) is 11.8 Å². The summed E-state index contributed by atoms with van der Waals surface area (Å²) in [6.45, 7) is 11.0. The predicted octanol–water partition coefficient (Wildman–Crippen LogP) is 2.26. The largest absolute Gasteiger partial charge is 0.444 e. The van der Waals surface area contributed by atoms with Crippen LogP contribution in [0.2, 0.25) is 0 Å². The molecule has 0 aliphatic carbocycles. The molecule has 1 heterocycles. The number of carbonyl (C=O) groups is 2. The summed E-state index contributed by atoms with van der Waals surface area (Å²) in [5, 5.41) is 0. The molecular weight excluding hydrogens is 268 g/mol. The Bertz CT molecular complexity index is 443. The molecule has 1 atom stereocenters. The van der Waals surface area contributed by atoms with Crippen molar-refractivity contribution in [2.45, 2.75) is 59.1 Å². The maximum absolute atomic E-state index is 12.1. The third-order valence-electron chi connectivity index (χ3n) is 3.21. The predicted molar refractivity (Wildman–Crippen MR) is 81.7 cm³/mol. The van der Waals surface area contributed by atoms with Gasteiger partial charge in [0.1, 0.15) is 5.60 Å². The first kappa shape index (κ1) is 17.4. The highest BCUT2D eigenvalue weighted by Crippen LogP contribution is 2.19. The van der Waals surface area contributed by atoms with Crippen LogP contribution in [0.5, 0.6) is 0 Å². The van der Waals surface area contributed by atoms with Crippen LogP contribution in [-0.2, 0) is 9.53 Å². The van der Waals surface area contributed by atoms with E-state index in [4.69, 9.17) is 4.74 Å². The molecule has 118 valence electrons. The van der Waals surface area contributed by atoms with Crippen LogP contribution in [0.15, 0.2) is 0 Å². The Morgan fingerprint density at radius 2 is 2.05 bits per heavy atom. The first-order chi connectivity index (χ1) is 9.78.